The number of aliphatic carboxylic acids is 1. The summed E-state index contributed by atoms with van der Waals surface area (Å²) < 4.78 is 5.34. The van der Waals surface area contributed by atoms with Crippen molar-refractivity contribution in [2.75, 3.05) is 13.1 Å². The van der Waals surface area contributed by atoms with Crippen LogP contribution in [0.15, 0.2) is 0 Å². The largest absolute Gasteiger partial charge is 0.481 e. The third kappa shape index (κ3) is 3.32. The first-order valence-electron chi connectivity index (χ1n) is 8.24. The van der Waals surface area contributed by atoms with Gasteiger partial charge >= 0.3 is 12.1 Å². The van der Waals surface area contributed by atoms with Crippen molar-refractivity contribution in [2.45, 2.75) is 71.5 Å². The monoisotopic (exact) mass is 327 g/mol. The van der Waals surface area contributed by atoms with E-state index < -0.39 is 28.7 Å². The molecule has 0 radical (unpaired) electrons. The van der Waals surface area contributed by atoms with Crippen molar-refractivity contribution < 1.29 is 24.5 Å². The van der Waals surface area contributed by atoms with Gasteiger partial charge in [0.15, 0.2) is 0 Å². The van der Waals surface area contributed by atoms with E-state index in [0.717, 1.165) is 6.42 Å². The number of carbonyl (C=O) groups is 2. The normalized spacial score (nSPS) is 33.7. The number of carbonyl (C=O) groups excluding carboxylic acids is 1. The summed E-state index contributed by atoms with van der Waals surface area (Å²) in [4.78, 5) is 25.7. The summed E-state index contributed by atoms with van der Waals surface area (Å²) in [6, 6.07) is 0. The Bertz CT molecular complexity index is 510. The van der Waals surface area contributed by atoms with E-state index in [9.17, 15) is 19.8 Å². The van der Waals surface area contributed by atoms with E-state index in [1.54, 1.807) is 20.8 Å². The molecule has 2 aliphatic rings. The highest BCUT2D eigenvalue weighted by Gasteiger charge is 2.63. The van der Waals surface area contributed by atoms with Crippen LogP contribution in [0.3, 0.4) is 0 Å². The maximum Gasteiger partial charge on any atom is 0.410 e. The van der Waals surface area contributed by atoms with E-state index in [1.807, 2.05) is 13.8 Å². The van der Waals surface area contributed by atoms with Gasteiger partial charge in [0.2, 0.25) is 0 Å². The molecule has 0 aromatic heterocycles. The number of nitrogens with zero attached hydrogens (tertiary/aromatic N) is 1. The van der Waals surface area contributed by atoms with Crippen LogP contribution in [-0.2, 0) is 9.53 Å². The Hall–Kier alpha value is -1.30. The average molecular weight is 327 g/mol. The van der Waals surface area contributed by atoms with E-state index in [0.29, 0.717) is 19.4 Å². The Morgan fingerprint density at radius 3 is 2.17 bits per heavy atom. The number of rotatable bonds is 2. The Morgan fingerprint density at radius 2 is 1.74 bits per heavy atom. The highest BCUT2D eigenvalue weighted by Crippen LogP contribution is 2.55. The molecule has 6 nitrogen and oxygen atoms in total. The van der Waals surface area contributed by atoms with Gasteiger partial charge in [0.05, 0.1) is 5.60 Å². The topological polar surface area (TPSA) is 87.1 Å². The van der Waals surface area contributed by atoms with Crippen LogP contribution in [0.5, 0.6) is 0 Å². The molecule has 132 valence electrons. The summed E-state index contributed by atoms with van der Waals surface area (Å²) in [6.45, 7) is 9.71. The number of ether oxygens (including phenoxy) is 1. The molecule has 2 unspecified atom stereocenters. The van der Waals surface area contributed by atoms with Crippen molar-refractivity contribution in [1.29, 1.82) is 0 Å². The molecule has 1 amide bonds. The van der Waals surface area contributed by atoms with Gasteiger partial charge in [-0.3, -0.25) is 4.79 Å². The first kappa shape index (κ1) is 18.0. The summed E-state index contributed by atoms with van der Waals surface area (Å²) >= 11 is 0. The molecule has 1 saturated heterocycles. The number of amides is 1. The molecule has 0 spiro atoms. The minimum atomic E-state index is -1.31. The summed E-state index contributed by atoms with van der Waals surface area (Å²) in [5.41, 5.74) is -3.30. The third-order valence-electron chi connectivity index (χ3n) is 5.21. The minimum absolute atomic E-state index is 0.00380. The van der Waals surface area contributed by atoms with Crippen LogP contribution in [-0.4, -0.2) is 51.5 Å². The van der Waals surface area contributed by atoms with E-state index in [-0.39, 0.29) is 18.4 Å². The van der Waals surface area contributed by atoms with Gasteiger partial charge in [-0.1, -0.05) is 13.8 Å². The first-order chi connectivity index (χ1) is 10.3. The van der Waals surface area contributed by atoms with Crippen LogP contribution in [0.1, 0.15) is 60.3 Å². The molecule has 1 aliphatic heterocycles. The van der Waals surface area contributed by atoms with Crippen LogP contribution in [0.2, 0.25) is 0 Å². The maximum absolute atomic E-state index is 12.2. The van der Waals surface area contributed by atoms with Gasteiger partial charge in [0.25, 0.3) is 0 Å². The number of hydrogen-bond donors (Lipinski definition) is 2. The van der Waals surface area contributed by atoms with Crippen molar-refractivity contribution in [3.8, 4) is 0 Å². The Labute approximate surface area is 137 Å². The molecular formula is C17H29NO5. The fourth-order valence-corrected chi connectivity index (χ4v) is 3.97. The number of carboxylic acids is 1. The van der Waals surface area contributed by atoms with Crippen molar-refractivity contribution in [1.82, 2.24) is 4.90 Å². The van der Waals surface area contributed by atoms with Crippen LogP contribution in [0.25, 0.3) is 0 Å². The quantitative estimate of drug-likeness (QED) is 0.814. The van der Waals surface area contributed by atoms with Crippen LogP contribution >= 0.6 is 0 Å². The van der Waals surface area contributed by atoms with Crippen molar-refractivity contribution in [3.05, 3.63) is 0 Å². The van der Waals surface area contributed by atoms with Crippen molar-refractivity contribution in [3.63, 3.8) is 0 Å². The number of aliphatic hydroxyl groups is 1. The standard InChI is InChI=1S/C17H29NO5/c1-14(2,3)23-13(21)18-9-8-16(11-18,12(19)20)17(22)7-6-15(4,5)10-17/h22H,6-11H2,1-5H3,(H,19,20). The van der Waals surface area contributed by atoms with Gasteiger partial charge in [-0.25, -0.2) is 4.79 Å². The van der Waals surface area contributed by atoms with E-state index in [4.69, 9.17) is 4.74 Å². The fourth-order valence-electron chi connectivity index (χ4n) is 3.97. The molecule has 2 N–H and O–H groups in total. The molecule has 1 heterocycles. The van der Waals surface area contributed by atoms with Crippen LogP contribution in [0, 0.1) is 10.8 Å². The van der Waals surface area contributed by atoms with Gasteiger partial charge in [-0.15, -0.1) is 0 Å². The van der Waals surface area contributed by atoms with Crippen molar-refractivity contribution in [2.24, 2.45) is 10.8 Å². The lowest BCUT2D eigenvalue weighted by Gasteiger charge is -2.40. The average Bonchev–Trinajstić information content (AvgIpc) is 2.91. The van der Waals surface area contributed by atoms with Gasteiger partial charge in [-0.2, -0.15) is 0 Å². The first-order valence-corrected chi connectivity index (χ1v) is 8.24. The number of likely N-dealkylation sites (tertiary alicyclic amines) is 1. The highest BCUT2D eigenvalue weighted by molar-refractivity contribution is 5.79. The van der Waals surface area contributed by atoms with E-state index in [2.05, 4.69) is 0 Å². The van der Waals surface area contributed by atoms with E-state index in [1.165, 1.54) is 4.90 Å². The summed E-state index contributed by atoms with van der Waals surface area (Å²) in [6.07, 6.45) is 1.42. The molecule has 6 heteroatoms. The van der Waals surface area contributed by atoms with Gasteiger partial charge in [-0.05, 0) is 51.9 Å². The Balaban J connectivity index is 2.22. The third-order valence-corrected chi connectivity index (χ3v) is 5.21. The van der Waals surface area contributed by atoms with Gasteiger partial charge < -0.3 is 19.8 Å². The van der Waals surface area contributed by atoms with Crippen molar-refractivity contribution >= 4 is 12.1 Å². The van der Waals surface area contributed by atoms with Crippen LogP contribution in [0.4, 0.5) is 4.79 Å². The molecule has 0 bridgehead atoms. The Kier molecular flexibility index (Phi) is 4.21. The zero-order valence-electron chi connectivity index (χ0n) is 14.8. The maximum atomic E-state index is 12.2. The summed E-state index contributed by atoms with van der Waals surface area (Å²) in [5, 5.41) is 21.0. The zero-order valence-corrected chi connectivity index (χ0v) is 14.8. The molecule has 0 aromatic rings. The highest BCUT2D eigenvalue weighted by atomic mass is 16.6. The lowest BCUT2D eigenvalue weighted by atomic mass is 9.68. The smallest absolute Gasteiger partial charge is 0.410 e. The molecule has 23 heavy (non-hydrogen) atoms. The number of hydrogen-bond acceptors (Lipinski definition) is 4. The lowest BCUT2D eigenvalue weighted by Crippen LogP contribution is -2.54. The molecule has 2 rings (SSSR count). The lowest BCUT2D eigenvalue weighted by molar-refractivity contribution is -0.168. The zero-order chi connectivity index (χ0) is 17.7. The number of carboxylic acid groups (broad SMARTS) is 1. The predicted octanol–water partition coefficient (Wildman–Crippen LogP) is 2.64. The second kappa shape index (κ2) is 5.36. The predicted molar refractivity (Wildman–Crippen MR) is 85.1 cm³/mol. The summed E-state index contributed by atoms with van der Waals surface area (Å²) in [5.74, 6) is -1.02. The molecule has 1 aliphatic carbocycles. The molecular weight excluding hydrogens is 298 g/mol. The molecule has 2 atom stereocenters. The van der Waals surface area contributed by atoms with Gasteiger partial charge in [0, 0.05) is 13.1 Å². The second-order valence-electron chi connectivity index (χ2n) is 8.91. The summed E-state index contributed by atoms with van der Waals surface area (Å²) in [7, 11) is 0. The Morgan fingerprint density at radius 1 is 1.13 bits per heavy atom. The molecule has 2 fully saturated rings. The second-order valence-corrected chi connectivity index (χ2v) is 8.91. The molecule has 0 aromatic carbocycles. The van der Waals surface area contributed by atoms with E-state index >= 15 is 0 Å². The SMILES string of the molecule is CC1(C)CCC(O)(C2(C(=O)O)CCN(C(=O)OC(C)(C)C)C2)C1. The van der Waals surface area contributed by atoms with Crippen LogP contribution < -0.4 is 0 Å². The van der Waals surface area contributed by atoms with Gasteiger partial charge in [0.1, 0.15) is 11.0 Å². The fraction of sp³-hybridized carbons (Fsp3) is 0.882. The minimum Gasteiger partial charge on any atom is -0.481 e. The molecule has 1 saturated carbocycles.